The Balaban J connectivity index is 2.03. The second-order valence-corrected chi connectivity index (χ2v) is 6.62. The first-order valence-corrected chi connectivity index (χ1v) is 8.09. The summed E-state index contributed by atoms with van der Waals surface area (Å²) in [4.78, 5) is 16.1. The highest BCUT2D eigenvalue weighted by Crippen LogP contribution is 2.23. The maximum absolute atomic E-state index is 13.4. The van der Waals surface area contributed by atoms with Gasteiger partial charge in [-0.05, 0) is 19.4 Å². The largest absolute Gasteiger partial charge is 0.395 e. The molecule has 1 aliphatic rings. The molecule has 1 saturated heterocycles. The average molecular weight is 341 g/mol. The van der Waals surface area contributed by atoms with Gasteiger partial charge in [-0.15, -0.1) is 0 Å². The maximum Gasteiger partial charge on any atom is 0.318 e. The van der Waals surface area contributed by atoms with Crippen LogP contribution in [0.1, 0.15) is 25.5 Å². The van der Waals surface area contributed by atoms with Gasteiger partial charge in [-0.1, -0.05) is 30.3 Å². The lowest BCUT2D eigenvalue weighted by molar-refractivity contribution is 0.0214. The van der Waals surface area contributed by atoms with Gasteiger partial charge in [-0.25, -0.2) is 13.6 Å². The second kappa shape index (κ2) is 7.90. The summed E-state index contributed by atoms with van der Waals surface area (Å²) in [5.41, 5.74) is 0.0739. The third-order valence-corrected chi connectivity index (χ3v) is 4.42. The monoisotopic (exact) mass is 341 g/mol. The topological polar surface area (TPSA) is 55.8 Å². The number of hydrogen-bond donors (Lipinski definition) is 2. The lowest BCUT2D eigenvalue weighted by Crippen LogP contribution is -2.62. The zero-order valence-corrected chi connectivity index (χ0v) is 14.1. The van der Waals surface area contributed by atoms with Crippen LogP contribution in [0.25, 0.3) is 0 Å². The van der Waals surface area contributed by atoms with E-state index >= 15 is 0 Å². The van der Waals surface area contributed by atoms with Gasteiger partial charge in [-0.3, -0.25) is 4.90 Å². The maximum atomic E-state index is 13.4. The van der Waals surface area contributed by atoms with E-state index in [2.05, 4.69) is 10.2 Å². The number of halogens is 2. The van der Waals surface area contributed by atoms with Gasteiger partial charge in [0.15, 0.2) is 0 Å². The number of alkyl halides is 2. The second-order valence-electron chi connectivity index (χ2n) is 6.62. The molecule has 1 heterocycles. The summed E-state index contributed by atoms with van der Waals surface area (Å²) in [5.74, 6) is 0. The molecule has 0 saturated carbocycles. The fourth-order valence-corrected chi connectivity index (χ4v) is 3.08. The molecular weight excluding hydrogens is 316 g/mol. The number of hydrogen-bond acceptors (Lipinski definition) is 3. The molecule has 24 heavy (non-hydrogen) atoms. The first kappa shape index (κ1) is 18.6. The Hall–Kier alpha value is -1.73. The van der Waals surface area contributed by atoms with E-state index in [1.807, 2.05) is 13.8 Å². The Morgan fingerprint density at radius 2 is 1.96 bits per heavy atom. The van der Waals surface area contributed by atoms with Crippen LogP contribution in [0, 0.1) is 0 Å². The van der Waals surface area contributed by atoms with Crippen LogP contribution in [0.5, 0.6) is 0 Å². The predicted molar refractivity (Wildman–Crippen MR) is 88.0 cm³/mol. The zero-order chi connectivity index (χ0) is 17.7. The minimum Gasteiger partial charge on any atom is -0.395 e. The Morgan fingerprint density at radius 1 is 1.29 bits per heavy atom. The van der Waals surface area contributed by atoms with Gasteiger partial charge < -0.3 is 15.3 Å². The molecular formula is C17H25F2N3O2. The van der Waals surface area contributed by atoms with E-state index in [9.17, 15) is 13.6 Å². The minimum absolute atomic E-state index is 0.0527. The normalized spacial score (nSPS) is 19.3. The number of amides is 2. The summed E-state index contributed by atoms with van der Waals surface area (Å²) >= 11 is 0. The molecule has 2 amide bonds. The van der Waals surface area contributed by atoms with E-state index in [0.717, 1.165) is 0 Å². The van der Waals surface area contributed by atoms with Gasteiger partial charge in [0.25, 0.3) is 6.43 Å². The van der Waals surface area contributed by atoms with Crippen molar-refractivity contribution in [3.63, 3.8) is 0 Å². The van der Waals surface area contributed by atoms with Crippen molar-refractivity contribution in [2.24, 2.45) is 0 Å². The third-order valence-electron chi connectivity index (χ3n) is 4.42. The van der Waals surface area contributed by atoms with Crippen molar-refractivity contribution in [3.05, 3.63) is 35.9 Å². The van der Waals surface area contributed by atoms with E-state index in [1.54, 1.807) is 35.2 Å². The van der Waals surface area contributed by atoms with E-state index in [0.29, 0.717) is 31.7 Å². The molecule has 134 valence electrons. The van der Waals surface area contributed by atoms with Crippen LogP contribution in [-0.4, -0.2) is 65.7 Å². The van der Waals surface area contributed by atoms with Crippen molar-refractivity contribution in [1.82, 2.24) is 15.1 Å². The van der Waals surface area contributed by atoms with E-state index < -0.39 is 18.5 Å². The Bertz CT molecular complexity index is 540. The standard InChI is InChI=1S/C17H25F2N3O2/c1-17(2)12-21(8-9-22(17)10-11-23)16(24)20-14(15(18)19)13-6-4-3-5-7-13/h3-7,14-15,23H,8-12H2,1-2H3,(H,20,24). The molecule has 1 atom stereocenters. The molecule has 0 radical (unpaired) electrons. The highest BCUT2D eigenvalue weighted by molar-refractivity contribution is 5.75. The van der Waals surface area contributed by atoms with Gasteiger partial charge in [0.2, 0.25) is 0 Å². The van der Waals surface area contributed by atoms with Crippen molar-refractivity contribution in [3.8, 4) is 0 Å². The highest BCUT2D eigenvalue weighted by atomic mass is 19.3. The highest BCUT2D eigenvalue weighted by Gasteiger charge is 2.36. The first-order chi connectivity index (χ1) is 11.3. The molecule has 1 aliphatic heterocycles. The summed E-state index contributed by atoms with van der Waals surface area (Å²) in [5, 5.41) is 11.6. The van der Waals surface area contributed by atoms with Gasteiger partial charge in [0.1, 0.15) is 6.04 Å². The van der Waals surface area contributed by atoms with Crippen molar-refractivity contribution in [1.29, 1.82) is 0 Å². The van der Waals surface area contributed by atoms with Crippen LogP contribution in [-0.2, 0) is 0 Å². The number of piperazine rings is 1. The number of aliphatic hydroxyl groups excluding tert-OH is 1. The van der Waals surface area contributed by atoms with Crippen LogP contribution in [0.2, 0.25) is 0 Å². The predicted octanol–water partition coefficient (Wildman–Crippen LogP) is 2.09. The molecule has 0 spiro atoms. The van der Waals surface area contributed by atoms with Gasteiger partial charge in [0.05, 0.1) is 6.61 Å². The number of nitrogens with zero attached hydrogens (tertiary/aromatic N) is 2. The van der Waals surface area contributed by atoms with Gasteiger partial charge >= 0.3 is 6.03 Å². The first-order valence-electron chi connectivity index (χ1n) is 8.09. The smallest absolute Gasteiger partial charge is 0.318 e. The number of carbonyl (C=O) groups is 1. The summed E-state index contributed by atoms with van der Waals surface area (Å²) < 4.78 is 26.7. The lowest BCUT2D eigenvalue weighted by Gasteiger charge is -2.47. The lowest BCUT2D eigenvalue weighted by atomic mass is 9.99. The average Bonchev–Trinajstić information content (AvgIpc) is 2.54. The van der Waals surface area contributed by atoms with E-state index in [-0.39, 0.29) is 12.1 Å². The molecule has 1 unspecified atom stereocenters. The molecule has 1 aromatic rings. The number of carbonyl (C=O) groups excluding carboxylic acids is 1. The molecule has 7 heteroatoms. The van der Waals surface area contributed by atoms with E-state index in [1.165, 1.54) is 0 Å². The van der Waals surface area contributed by atoms with Crippen LogP contribution in [0.4, 0.5) is 13.6 Å². The third kappa shape index (κ3) is 4.42. The molecule has 0 aromatic heterocycles. The van der Waals surface area contributed by atoms with Crippen molar-refractivity contribution < 1.29 is 18.7 Å². The van der Waals surface area contributed by atoms with Crippen molar-refractivity contribution >= 4 is 6.03 Å². The van der Waals surface area contributed by atoms with Crippen LogP contribution < -0.4 is 5.32 Å². The Kier molecular flexibility index (Phi) is 6.12. The number of aliphatic hydroxyl groups is 1. The minimum atomic E-state index is -2.68. The van der Waals surface area contributed by atoms with Gasteiger partial charge in [0, 0.05) is 31.7 Å². The van der Waals surface area contributed by atoms with Crippen molar-refractivity contribution in [2.45, 2.75) is 31.9 Å². The molecule has 5 nitrogen and oxygen atoms in total. The molecule has 1 aromatic carbocycles. The van der Waals surface area contributed by atoms with Gasteiger partial charge in [-0.2, -0.15) is 0 Å². The quantitative estimate of drug-likeness (QED) is 0.862. The summed E-state index contributed by atoms with van der Waals surface area (Å²) in [7, 11) is 0. The number of urea groups is 1. The SMILES string of the molecule is CC1(C)CN(C(=O)NC(c2ccccc2)C(F)F)CCN1CCO. The van der Waals surface area contributed by atoms with Crippen LogP contribution in [0.3, 0.4) is 0 Å². The molecule has 0 bridgehead atoms. The zero-order valence-electron chi connectivity index (χ0n) is 14.1. The fourth-order valence-electron chi connectivity index (χ4n) is 3.08. The van der Waals surface area contributed by atoms with Crippen molar-refractivity contribution in [2.75, 3.05) is 32.8 Å². The molecule has 1 fully saturated rings. The Labute approximate surface area is 141 Å². The fraction of sp³-hybridized carbons (Fsp3) is 0.588. The van der Waals surface area contributed by atoms with Crippen LogP contribution in [0.15, 0.2) is 30.3 Å². The summed E-state index contributed by atoms with van der Waals surface area (Å²) in [6.45, 7) is 6.01. The molecule has 0 aliphatic carbocycles. The van der Waals surface area contributed by atoms with E-state index in [4.69, 9.17) is 5.11 Å². The molecule has 2 N–H and O–H groups in total. The number of rotatable bonds is 5. The number of nitrogens with one attached hydrogen (secondary N) is 1. The summed E-state index contributed by atoms with van der Waals surface area (Å²) in [6.07, 6.45) is -2.68. The Morgan fingerprint density at radius 3 is 2.50 bits per heavy atom. The summed E-state index contributed by atoms with van der Waals surface area (Å²) in [6, 6.07) is 6.46. The molecule has 2 rings (SSSR count). The van der Waals surface area contributed by atoms with Crippen LogP contribution >= 0.6 is 0 Å². The number of benzene rings is 1. The number of β-amino-alcohol motifs (C(OH)–C–C–N with tert-alkyl or cyclic N) is 1.